The zero-order chi connectivity index (χ0) is 11.0. The summed E-state index contributed by atoms with van der Waals surface area (Å²) >= 11 is 0. The highest BCUT2D eigenvalue weighted by Crippen LogP contribution is 1.89. The first-order valence-electron chi connectivity index (χ1n) is 4.76. The number of nitrogens with zero attached hydrogens (tertiary/aromatic N) is 3. The third-order valence-electron chi connectivity index (χ3n) is 1.55. The molecule has 0 aliphatic heterocycles. The lowest BCUT2D eigenvalue weighted by Gasteiger charge is -2.22. The summed E-state index contributed by atoms with van der Waals surface area (Å²) in [7, 11) is 7.89. The Morgan fingerprint density at radius 3 is 2.14 bits per heavy atom. The van der Waals surface area contributed by atoms with Crippen LogP contribution in [0.4, 0.5) is 0 Å². The van der Waals surface area contributed by atoms with Gasteiger partial charge in [-0.05, 0) is 0 Å². The number of aliphatic imine (C=N–C) groups is 1. The number of hydrogen-bond donors (Lipinski definition) is 1. The molecular formula is C9H22N4O. The highest BCUT2D eigenvalue weighted by Gasteiger charge is 2.02. The minimum Gasteiger partial charge on any atom is -0.378 e. The van der Waals surface area contributed by atoms with Crippen molar-refractivity contribution < 1.29 is 4.74 Å². The van der Waals surface area contributed by atoms with Crippen LogP contribution >= 0.6 is 0 Å². The first-order valence-corrected chi connectivity index (χ1v) is 4.76. The van der Waals surface area contributed by atoms with Gasteiger partial charge in [0.15, 0.2) is 5.96 Å². The lowest BCUT2D eigenvalue weighted by Crippen LogP contribution is -2.35. The number of ether oxygens (including phenoxy) is 1. The van der Waals surface area contributed by atoms with Crippen molar-refractivity contribution in [1.82, 2.24) is 9.80 Å². The van der Waals surface area contributed by atoms with Crippen molar-refractivity contribution in [3.63, 3.8) is 0 Å². The van der Waals surface area contributed by atoms with Crippen LogP contribution in [0.3, 0.4) is 0 Å². The molecule has 0 saturated carbocycles. The van der Waals surface area contributed by atoms with E-state index in [1.54, 1.807) is 0 Å². The molecule has 0 unspecified atom stereocenters. The second-order valence-electron chi connectivity index (χ2n) is 3.37. The first kappa shape index (κ1) is 13.2. The van der Waals surface area contributed by atoms with Crippen LogP contribution in [0.2, 0.25) is 0 Å². The molecule has 84 valence electrons. The fourth-order valence-corrected chi connectivity index (χ4v) is 1.08. The normalized spacial score (nSPS) is 9.79. The SMILES string of the molecule is CN(C)C(=NCCOCCN)N(C)C. The highest BCUT2D eigenvalue weighted by molar-refractivity contribution is 5.79. The lowest BCUT2D eigenvalue weighted by molar-refractivity contribution is 0.149. The minimum absolute atomic E-state index is 0.567. The van der Waals surface area contributed by atoms with E-state index >= 15 is 0 Å². The molecule has 0 spiro atoms. The number of rotatable bonds is 5. The summed E-state index contributed by atoms with van der Waals surface area (Å²) in [6.07, 6.45) is 0. The molecule has 0 aliphatic rings. The van der Waals surface area contributed by atoms with E-state index in [-0.39, 0.29) is 0 Å². The molecule has 0 aliphatic carbocycles. The lowest BCUT2D eigenvalue weighted by atomic mass is 10.6. The number of nitrogens with two attached hydrogens (primary N) is 1. The Morgan fingerprint density at radius 2 is 1.71 bits per heavy atom. The topological polar surface area (TPSA) is 54.1 Å². The summed E-state index contributed by atoms with van der Waals surface area (Å²) in [5, 5.41) is 0. The predicted octanol–water partition coefficient (Wildman–Crippen LogP) is -0.559. The maximum atomic E-state index is 5.29. The zero-order valence-corrected chi connectivity index (χ0v) is 9.66. The summed E-state index contributed by atoms with van der Waals surface area (Å²) in [6, 6.07) is 0. The van der Waals surface area contributed by atoms with Gasteiger partial charge in [0.2, 0.25) is 0 Å². The minimum atomic E-state index is 0.567. The molecule has 0 aromatic heterocycles. The first-order chi connectivity index (χ1) is 6.59. The Hall–Kier alpha value is -0.810. The molecule has 0 heterocycles. The largest absolute Gasteiger partial charge is 0.378 e. The summed E-state index contributed by atoms with van der Waals surface area (Å²) in [4.78, 5) is 8.35. The van der Waals surface area contributed by atoms with E-state index in [4.69, 9.17) is 10.5 Å². The van der Waals surface area contributed by atoms with E-state index in [1.165, 1.54) is 0 Å². The fraction of sp³-hybridized carbons (Fsp3) is 0.889. The Balaban J connectivity index is 3.80. The van der Waals surface area contributed by atoms with Gasteiger partial charge >= 0.3 is 0 Å². The van der Waals surface area contributed by atoms with E-state index in [0.717, 1.165) is 5.96 Å². The predicted molar refractivity (Wildman–Crippen MR) is 59.5 cm³/mol. The smallest absolute Gasteiger partial charge is 0.195 e. The van der Waals surface area contributed by atoms with Crippen LogP contribution < -0.4 is 5.73 Å². The van der Waals surface area contributed by atoms with Gasteiger partial charge in [-0.3, -0.25) is 4.99 Å². The van der Waals surface area contributed by atoms with Crippen LogP contribution in [0.15, 0.2) is 4.99 Å². The van der Waals surface area contributed by atoms with E-state index in [0.29, 0.717) is 26.3 Å². The highest BCUT2D eigenvalue weighted by atomic mass is 16.5. The summed E-state index contributed by atoms with van der Waals surface area (Å²) < 4.78 is 5.22. The average molecular weight is 202 g/mol. The van der Waals surface area contributed by atoms with Gasteiger partial charge in [0.25, 0.3) is 0 Å². The second kappa shape index (κ2) is 7.58. The number of hydrogen-bond acceptors (Lipinski definition) is 3. The Labute approximate surface area is 86.5 Å². The van der Waals surface area contributed by atoms with E-state index in [9.17, 15) is 0 Å². The Bertz CT molecular complexity index is 158. The zero-order valence-electron chi connectivity index (χ0n) is 9.66. The molecule has 0 saturated heterocycles. The van der Waals surface area contributed by atoms with Gasteiger partial charge in [0, 0.05) is 34.7 Å². The molecular weight excluding hydrogens is 180 g/mol. The van der Waals surface area contributed by atoms with Crippen LogP contribution in [0.25, 0.3) is 0 Å². The molecule has 2 N–H and O–H groups in total. The molecule has 0 bridgehead atoms. The van der Waals surface area contributed by atoms with E-state index < -0.39 is 0 Å². The molecule has 0 aromatic rings. The number of guanidine groups is 1. The third-order valence-corrected chi connectivity index (χ3v) is 1.55. The van der Waals surface area contributed by atoms with Crippen molar-refractivity contribution in [1.29, 1.82) is 0 Å². The van der Waals surface area contributed by atoms with Gasteiger partial charge in [-0.25, -0.2) is 0 Å². The van der Waals surface area contributed by atoms with Crippen molar-refractivity contribution in [3.8, 4) is 0 Å². The molecule has 0 aromatic carbocycles. The van der Waals surface area contributed by atoms with Crippen molar-refractivity contribution >= 4 is 5.96 Å². The molecule has 0 fully saturated rings. The molecule has 0 amide bonds. The van der Waals surface area contributed by atoms with Gasteiger partial charge in [0.1, 0.15) is 0 Å². The third kappa shape index (κ3) is 5.77. The van der Waals surface area contributed by atoms with E-state index in [1.807, 2.05) is 38.0 Å². The van der Waals surface area contributed by atoms with Crippen molar-refractivity contribution in [2.45, 2.75) is 0 Å². The quantitative estimate of drug-likeness (QED) is 0.369. The van der Waals surface area contributed by atoms with Gasteiger partial charge in [0.05, 0.1) is 19.8 Å². The van der Waals surface area contributed by atoms with Gasteiger partial charge in [-0.15, -0.1) is 0 Å². The van der Waals surface area contributed by atoms with Crippen LogP contribution in [0.1, 0.15) is 0 Å². The standard InChI is InChI=1S/C9H22N4O/c1-12(2)9(13(3)4)11-6-8-14-7-5-10/h5-8,10H2,1-4H3. The summed E-state index contributed by atoms with van der Waals surface area (Å²) in [5.41, 5.74) is 5.29. The monoisotopic (exact) mass is 202 g/mol. The van der Waals surface area contributed by atoms with Crippen molar-refractivity contribution in [2.24, 2.45) is 10.7 Å². The van der Waals surface area contributed by atoms with Crippen LogP contribution in [-0.2, 0) is 4.74 Å². The Kier molecular flexibility index (Phi) is 7.14. The van der Waals surface area contributed by atoms with E-state index in [2.05, 4.69) is 4.99 Å². The molecule has 0 radical (unpaired) electrons. The van der Waals surface area contributed by atoms with Crippen LogP contribution in [0, 0.1) is 0 Å². The van der Waals surface area contributed by atoms with Crippen molar-refractivity contribution in [3.05, 3.63) is 0 Å². The Morgan fingerprint density at radius 1 is 1.14 bits per heavy atom. The molecule has 5 heteroatoms. The molecule has 0 rings (SSSR count). The fourth-order valence-electron chi connectivity index (χ4n) is 1.08. The molecule has 0 atom stereocenters. The van der Waals surface area contributed by atoms with Gasteiger partial charge < -0.3 is 20.3 Å². The second-order valence-corrected chi connectivity index (χ2v) is 3.37. The average Bonchev–Trinajstić information content (AvgIpc) is 2.09. The van der Waals surface area contributed by atoms with Crippen LogP contribution in [0.5, 0.6) is 0 Å². The van der Waals surface area contributed by atoms with Gasteiger partial charge in [-0.2, -0.15) is 0 Å². The maximum Gasteiger partial charge on any atom is 0.195 e. The molecule has 5 nitrogen and oxygen atoms in total. The maximum absolute atomic E-state index is 5.29. The summed E-state index contributed by atoms with van der Waals surface area (Å²) in [6.45, 7) is 2.47. The van der Waals surface area contributed by atoms with Crippen LogP contribution in [-0.4, -0.2) is 70.3 Å². The van der Waals surface area contributed by atoms with Crippen molar-refractivity contribution in [2.75, 3.05) is 54.5 Å². The molecule has 14 heavy (non-hydrogen) atoms. The summed E-state index contributed by atoms with van der Waals surface area (Å²) in [5.74, 6) is 0.946. The van der Waals surface area contributed by atoms with Gasteiger partial charge in [-0.1, -0.05) is 0 Å².